The zero-order valence-electron chi connectivity index (χ0n) is 15.7. The Bertz CT molecular complexity index is 518. The van der Waals surface area contributed by atoms with Gasteiger partial charge < -0.3 is 9.47 Å². The molecule has 0 aromatic rings. The van der Waals surface area contributed by atoms with Crippen LogP contribution in [-0.4, -0.2) is 58.4 Å². The zero-order valence-corrected chi connectivity index (χ0v) is 15.7. The number of esters is 1. The first-order chi connectivity index (χ1) is 10.9. The van der Waals surface area contributed by atoms with Crippen molar-refractivity contribution in [2.45, 2.75) is 71.4 Å². The highest BCUT2D eigenvalue weighted by Gasteiger charge is 2.52. The van der Waals surface area contributed by atoms with Crippen molar-refractivity contribution >= 4 is 12.1 Å². The van der Waals surface area contributed by atoms with E-state index in [-0.39, 0.29) is 30.2 Å². The standard InChI is InChI=1S/C18H30N2O4/c1-8-12-9-13(15(21)23-17(2,3)4)19(10-12)14-11-20(14)16(22)24-18(5,6)7/h8,12-14H,1,9-11H2,2-7H3/t12-,13-,14-,20?/m1/s1. The predicted molar refractivity (Wildman–Crippen MR) is 91.4 cm³/mol. The molecule has 136 valence electrons. The van der Waals surface area contributed by atoms with Gasteiger partial charge in [-0.15, -0.1) is 6.58 Å². The molecule has 0 aromatic heterocycles. The molecule has 0 bridgehead atoms. The van der Waals surface area contributed by atoms with Crippen molar-refractivity contribution in [2.24, 2.45) is 5.92 Å². The van der Waals surface area contributed by atoms with Gasteiger partial charge in [0.05, 0.1) is 6.54 Å². The number of hydrogen-bond donors (Lipinski definition) is 0. The summed E-state index contributed by atoms with van der Waals surface area (Å²) in [5, 5.41) is 0. The lowest BCUT2D eigenvalue weighted by molar-refractivity contribution is -0.160. The van der Waals surface area contributed by atoms with Crippen LogP contribution in [0.3, 0.4) is 0 Å². The largest absolute Gasteiger partial charge is 0.459 e. The van der Waals surface area contributed by atoms with Crippen LogP contribution in [0.15, 0.2) is 12.7 Å². The molecule has 2 saturated heterocycles. The number of likely N-dealkylation sites (tertiary alicyclic amines) is 1. The average molecular weight is 338 g/mol. The molecule has 2 rings (SSSR count). The highest BCUT2D eigenvalue weighted by molar-refractivity contribution is 5.77. The number of carbonyl (C=O) groups is 2. The minimum absolute atomic E-state index is 0.0951. The molecule has 3 atom stereocenters. The lowest BCUT2D eigenvalue weighted by Crippen LogP contribution is -2.43. The molecule has 6 nitrogen and oxygen atoms in total. The highest BCUT2D eigenvalue weighted by Crippen LogP contribution is 2.35. The quantitative estimate of drug-likeness (QED) is 0.450. The molecule has 2 heterocycles. The summed E-state index contributed by atoms with van der Waals surface area (Å²) in [5.41, 5.74) is -1.05. The normalized spacial score (nSPS) is 27.8. The van der Waals surface area contributed by atoms with E-state index in [0.717, 1.165) is 0 Å². The van der Waals surface area contributed by atoms with Crippen LogP contribution in [0.5, 0.6) is 0 Å². The second-order valence-electron chi connectivity index (χ2n) is 8.59. The van der Waals surface area contributed by atoms with E-state index in [4.69, 9.17) is 9.47 Å². The van der Waals surface area contributed by atoms with Crippen molar-refractivity contribution in [3.63, 3.8) is 0 Å². The van der Waals surface area contributed by atoms with Gasteiger partial charge in [-0.25, -0.2) is 4.79 Å². The fraction of sp³-hybridized carbons (Fsp3) is 0.778. The summed E-state index contributed by atoms with van der Waals surface area (Å²) in [5.74, 6) is -0.00788. The average Bonchev–Trinajstić information content (AvgIpc) is 3.07. The summed E-state index contributed by atoms with van der Waals surface area (Å²) in [7, 11) is 0. The molecular formula is C18H30N2O4. The Kier molecular flexibility index (Phi) is 5.00. The summed E-state index contributed by atoms with van der Waals surface area (Å²) in [6.07, 6.45) is 2.12. The number of rotatable bonds is 3. The van der Waals surface area contributed by atoms with Crippen LogP contribution in [0.4, 0.5) is 4.79 Å². The smallest absolute Gasteiger partial charge is 0.411 e. The first kappa shape index (κ1) is 18.8. The Morgan fingerprint density at radius 1 is 1.04 bits per heavy atom. The summed E-state index contributed by atoms with van der Waals surface area (Å²) in [6.45, 7) is 16.2. The third-order valence-corrected chi connectivity index (χ3v) is 3.98. The van der Waals surface area contributed by atoms with Crippen molar-refractivity contribution < 1.29 is 19.1 Å². The molecule has 6 heteroatoms. The van der Waals surface area contributed by atoms with Crippen LogP contribution in [0, 0.1) is 5.92 Å². The van der Waals surface area contributed by atoms with Gasteiger partial charge >= 0.3 is 12.1 Å². The van der Waals surface area contributed by atoms with E-state index in [1.165, 1.54) is 0 Å². The lowest BCUT2D eigenvalue weighted by Gasteiger charge is -2.27. The maximum atomic E-state index is 12.5. The SMILES string of the molecule is C=C[C@@H]1C[C@H](C(=O)OC(C)(C)C)N([C@H]2CN2C(=O)OC(C)(C)C)C1. The number of nitrogens with zero attached hydrogens (tertiary/aromatic N) is 2. The topological polar surface area (TPSA) is 58.8 Å². The molecule has 0 radical (unpaired) electrons. The summed E-state index contributed by atoms with van der Waals surface area (Å²) >= 11 is 0. The van der Waals surface area contributed by atoms with Crippen molar-refractivity contribution in [3.05, 3.63) is 12.7 Å². The number of ether oxygens (including phenoxy) is 2. The van der Waals surface area contributed by atoms with Crippen LogP contribution in [-0.2, 0) is 14.3 Å². The second-order valence-corrected chi connectivity index (χ2v) is 8.59. The Labute approximate surface area is 144 Å². The maximum absolute atomic E-state index is 12.5. The van der Waals surface area contributed by atoms with E-state index < -0.39 is 11.2 Å². The monoisotopic (exact) mass is 338 g/mol. The number of amides is 1. The molecule has 0 spiro atoms. The van der Waals surface area contributed by atoms with Gasteiger partial charge in [-0.1, -0.05) is 6.08 Å². The molecule has 2 aliphatic rings. The Morgan fingerprint density at radius 3 is 2.12 bits per heavy atom. The Balaban J connectivity index is 2.03. The number of carbonyl (C=O) groups excluding carboxylic acids is 2. The zero-order chi connectivity index (χ0) is 18.3. The molecule has 0 unspecified atom stereocenters. The molecule has 0 saturated carbocycles. The minimum Gasteiger partial charge on any atom is -0.459 e. The van der Waals surface area contributed by atoms with E-state index in [0.29, 0.717) is 19.5 Å². The molecule has 0 aliphatic carbocycles. The van der Waals surface area contributed by atoms with Crippen LogP contribution >= 0.6 is 0 Å². The summed E-state index contributed by atoms with van der Waals surface area (Å²) in [4.78, 5) is 28.4. The minimum atomic E-state index is -0.524. The Hall–Kier alpha value is -1.56. The highest BCUT2D eigenvalue weighted by atomic mass is 16.6. The molecular weight excluding hydrogens is 308 g/mol. The van der Waals surface area contributed by atoms with E-state index >= 15 is 0 Å². The molecule has 2 fully saturated rings. The molecule has 2 aliphatic heterocycles. The summed E-state index contributed by atoms with van der Waals surface area (Å²) < 4.78 is 11.0. The third-order valence-electron chi connectivity index (χ3n) is 3.98. The van der Waals surface area contributed by atoms with Gasteiger partial charge in [-0.3, -0.25) is 14.6 Å². The molecule has 0 aromatic carbocycles. The maximum Gasteiger partial charge on any atom is 0.411 e. The van der Waals surface area contributed by atoms with Crippen molar-refractivity contribution in [1.29, 1.82) is 0 Å². The Morgan fingerprint density at radius 2 is 1.62 bits per heavy atom. The van der Waals surface area contributed by atoms with Crippen LogP contribution < -0.4 is 0 Å². The lowest BCUT2D eigenvalue weighted by atomic mass is 10.1. The van der Waals surface area contributed by atoms with Gasteiger partial charge in [-0.05, 0) is 53.9 Å². The first-order valence-corrected chi connectivity index (χ1v) is 8.52. The van der Waals surface area contributed by atoms with E-state index in [1.54, 1.807) is 4.90 Å². The predicted octanol–water partition coefficient (Wildman–Crippen LogP) is 2.78. The van der Waals surface area contributed by atoms with Crippen molar-refractivity contribution in [3.8, 4) is 0 Å². The number of hydrogen-bond acceptors (Lipinski definition) is 5. The van der Waals surface area contributed by atoms with Crippen molar-refractivity contribution in [1.82, 2.24) is 9.80 Å². The summed E-state index contributed by atoms with van der Waals surface area (Å²) in [6, 6.07) is -0.343. The van der Waals surface area contributed by atoms with Crippen LogP contribution in [0.25, 0.3) is 0 Å². The van der Waals surface area contributed by atoms with Gasteiger partial charge in [-0.2, -0.15) is 0 Å². The van der Waals surface area contributed by atoms with E-state index in [2.05, 4.69) is 6.58 Å². The second kappa shape index (κ2) is 6.39. The molecule has 0 N–H and O–H groups in total. The third kappa shape index (κ3) is 4.72. The van der Waals surface area contributed by atoms with Gasteiger partial charge in [0.2, 0.25) is 0 Å². The fourth-order valence-corrected chi connectivity index (χ4v) is 2.93. The first-order valence-electron chi connectivity index (χ1n) is 8.52. The fourth-order valence-electron chi connectivity index (χ4n) is 2.93. The molecule has 1 amide bonds. The van der Waals surface area contributed by atoms with Gasteiger partial charge in [0.15, 0.2) is 0 Å². The van der Waals surface area contributed by atoms with Gasteiger partial charge in [0.1, 0.15) is 23.4 Å². The van der Waals surface area contributed by atoms with E-state index in [1.807, 2.05) is 52.5 Å². The van der Waals surface area contributed by atoms with Crippen LogP contribution in [0.1, 0.15) is 48.0 Å². The van der Waals surface area contributed by atoms with Gasteiger partial charge in [0, 0.05) is 6.54 Å². The van der Waals surface area contributed by atoms with E-state index in [9.17, 15) is 9.59 Å². The van der Waals surface area contributed by atoms with Crippen molar-refractivity contribution in [2.75, 3.05) is 13.1 Å². The molecule has 24 heavy (non-hydrogen) atoms. The van der Waals surface area contributed by atoms with Gasteiger partial charge in [0.25, 0.3) is 0 Å². The van der Waals surface area contributed by atoms with Crippen LogP contribution in [0.2, 0.25) is 0 Å².